The summed E-state index contributed by atoms with van der Waals surface area (Å²) in [6.45, 7) is 2.55. The van der Waals surface area contributed by atoms with E-state index in [-0.39, 0.29) is 11.9 Å². The van der Waals surface area contributed by atoms with Crippen molar-refractivity contribution in [2.24, 2.45) is 5.73 Å². The van der Waals surface area contributed by atoms with Crippen molar-refractivity contribution in [1.82, 2.24) is 5.32 Å². The Morgan fingerprint density at radius 1 is 1.50 bits per heavy atom. The van der Waals surface area contributed by atoms with Gasteiger partial charge in [-0.3, -0.25) is 4.79 Å². The van der Waals surface area contributed by atoms with E-state index in [9.17, 15) is 4.79 Å². The summed E-state index contributed by atoms with van der Waals surface area (Å²) in [6, 6.07) is 7.94. The van der Waals surface area contributed by atoms with Crippen LogP contribution in [0.15, 0.2) is 24.3 Å². The minimum Gasteiger partial charge on any atom is -0.497 e. The molecule has 18 heavy (non-hydrogen) atoms. The van der Waals surface area contributed by atoms with Gasteiger partial charge in [-0.1, -0.05) is 12.1 Å². The molecular weight excluding hydrogens is 228 g/mol. The summed E-state index contributed by atoms with van der Waals surface area (Å²) in [4.78, 5) is 11.5. The summed E-state index contributed by atoms with van der Waals surface area (Å²) in [6.07, 6.45) is 2.03. The predicted molar refractivity (Wildman–Crippen MR) is 72.6 cm³/mol. The van der Waals surface area contributed by atoms with Crippen LogP contribution in [-0.4, -0.2) is 25.6 Å². The maximum absolute atomic E-state index is 11.5. The second kappa shape index (κ2) is 7.71. The van der Waals surface area contributed by atoms with Crippen molar-refractivity contribution in [3.05, 3.63) is 29.8 Å². The first kappa shape index (κ1) is 14.5. The van der Waals surface area contributed by atoms with E-state index < -0.39 is 0 Å². The third-order valence-corrected chi connectivity index (χ3v) is 2.70. The van der Waals surface area contributed by atoms with E-state index in [0.717, 1.165) is 24.2 Å². The first-order valence-corrected chi connectivity index (χ1v) is 6.27. The lowest BCUT2D eigenvalue weighted by Gasteiger charge is -2.07. The Balaban J connectivity index is 2.26. The highest BCUT2D eigenvalue weighted by Crippen LogP contribution is 2.12. The summed E-state index contributed by atoms with van der Waals surface area (Å²) in [5.41, 5.74) is 6.75. The molecule has 1 aromatic carbocycles. The topological polar surface area (TPSA) is 64.3 Å². The van der Waals surface area contributed by atoms with Crippen molar-refractivity contribution < 1.29 is 9.53 Å². The zero-order valence-electron chi connectivity index (χ0n) is 11.1. The second-order valence-corrected chi connectivity index (χ2v) is 4.47. The normalized spacial score (nSPS) is 11.9. The number of amides is 1. The Morgan fingerprint density at radius 3 is 2.94 bits per heavy atom. The van der Waals surface area contributed by atoms with Crippen LogP contribution in [0.25, 0.3) is 0 Å². The van der Waals surface area contributed by atoms with Gasteiger partial charge in [0.25, 0.3) is 0 Å². The minimum absolute atomic E-state index is 0.0650. The molecule has 0 aliphatic carbocycles. The summed E-state index contributed by atoms with van der Waals surface area (Å²) >= 11 is 0. The van der Waals surface area contributed by atoms with Gasteiger partial charge in [-0.15, -0.1) is 0 Å². The summed E-state index contributed by atoms with van der Waals surface area (Å²) in [5, 5.41) is 2.89. The van der Waals surface area contributed by atoms with E-state index in [1.807, 2.05) is 31.2 Å². The summed E-state index contributed by atoms with van der Waals surface area (Å²) in [5.74, 6) is 0.908. The van der Waals surface area contributed by atoms with Gasteiger partial charge in [0, 0.05) is 19.0 Å². The van der Waals surface area contributed by atoms with Crippen molar-refractivity contribution in [3.8, 4) is 5.75 Å². The highest BCUT2D eigenvalue weighted by molar-refractivity contribution is 5.75. The Kier molecular flexibility index (Phi) is 6.22. The fourth-order valence-corrected chi connectivity index (χ4v) is 1.62. The molecule has 0 saturated heterocycles. The van der Waals surface area contributed by atoms with Gasteiger partial charge >= 0.3 is 0 Å². The molecule has 4 nitrogen and oxygen atoms in total. The maximum atomic E-state index is 11.5. The number of nitrogens with one attached hydrogen (secondary N) is 1. The molecule has 1 unspecified atom stereocenters. The van der Waals surface area contributed by atoms with E-state index in [1.54, 1.807) is 7.11 Å². The van der Waals surface area contributed by atoms with E-state index in [2.05, 4.69) is 5.32 Å². The average molecular weight is 250 g/mol. The zero-order chi connectivity index (χ0) is 13.4. The van der Waals surface area contributed by atoms with Crippen LogP contribution < -0.4 is 15.8 Å². The van der Waals surface area contributed by atoms with Crippen molar-refractivity contribution in [3.63, 3.8) is 0 Å². The fraction of sp³-hybridized carbons (Fsp3) is 0.500. The highest BCUT2D eigenvalue weighted by atomic mass is 16.5. The lowest BCUT2D eigenvalue weighted by atomic mass is 10.1. The lowest BCUT2D eigenvalue weighted by molar-refractivity contribution is -0.121. The van der Waals surface area contributed by atoms with Crippen molar-refractivity contribution in [2.45, 2.75) is 32.2 Å². The number of carbonyl (C=O) groups is 1. The van der Waals surface area contributed by atoms with Gasteiger partial charge in [0.1, 0.15) is 5.75 Å². The van der Waals surface area contributed by atoms with Crippen LogP contribution in [0, 0.1) is 0 Å². The average Bonchev–Trinajstić information content (AvgIpc) is 2.36. The SMILES string of the molecule is COc1cccc(CCNC(=O)CCC(C)N)c1. The van der Waals surface area contributed by atoms with E-state index in [0.29, 0.717) is 13.0 Å². The number of hydrogen-bond acceptors (Lipinski definition) is 3. The van der Waals surface area contributed by atoms with Crippen molar-refractivity contribution in [1.29, 1.82) is 0 Å². The standard InChI is InChI=1S/C14H22N2O2/c1-11(15)6-7-14(17)16-9-8-12-4-3-5-13(10-12)18-2/h3-5,10-11H,6-9,15H2,1-2H3,(H,16,17). The van der Waals surface area contributed by atoms with Gasteiger partial charge in [-0.2, -0.15) is 0 Å². The van der Waals surface area contributed by atoms with Gasteiger partial charge in [-0.05, 0) is 37.5 Å². The van der Waals surface area contributed by atoms with Crippen molar-refractivity contribution in [2.75, 3.05) is 13.7 Å². The molecule has 0 aliphatic heterocycles. The molecule has 1 amide bonds. The quantitative estimate of drug-likeness (QED) is 0.770. The second-order valence-electron chi connectivity index (χ2n) is 4.47. The third kappa shape index (κ3) is 5.68. The molecule has 0 saturated carbocycles. The molecule has 0 aromatic heterocycles. The molecule has 0 bridgehead atoms. The Labute approximate surface area is 109 Å². The zero-order valence-corrected chi connectivity index (χ0v) is 11.1. The van der Waals surface area contributed by atoms with E-state index in [4.69, 9.17) is 10.5 Å². The molecule has 0 spiro atoms. The molecule has 0 radical (unpaired) electrons. The number of carbonyl (C=O) groups excluding carboxylic acids is 1. The first-order valence-electron chi connectivity index (χ1n) is 6.27. The molecule has 0 heterocycles. The van der Waals surface area contributed by atoms with E-state index >= 15 is 0 Å². The molecule has 3 N–H and O–H groups in total. The minimum atomic E-state index is 0.0650. The molecule has 4 heteroatoms. The van der Waals surface area contributed by atoms with Crippen LogP contribution in [0.2, 0.25) is 0 Å². The molecule has 1 rings (SSSR count). The molecule has 0 aliphatic rings. The van der Waals surface area contributed by atoms with Gasteiger partial charge in [0.2, 0.25) is 5.91 Å². The Morgan fingerprint density at radius 2 is 2.28 bits per heavy atom. The fourth-order valence-electron chi connectivity index (χ4n) is 1.62. The van der Waals surface area contributed by atoms with Crippen LogP contribution in [0.5, 0.6) is 5.75 Å². The lowest BCUT2D eigenvalue weighted by Crippen LogP contribution is -2.27. The van der Waals surface area contributed by atoms with Crippen LogP contribution in [-0.2, 0) is 11.2 Å². The molecule has 1 atom stereocenters. The number of ether oxygens (including phenoxy) is 1. The smallest absolute Gasteiger partial charge is 0.220 e. The third-order valence-electron chi connectivity index (χ3n) is 2.70. The Hall–Kier alpha value is -1.55. The van der Waals surface area contributed by atoms with Crippen molar-refractivity contribution >= 4 is 5.91 Å². The number of hydrogen-bond donors (Lipinski definition) is 2. The van der Waals surface area contributed by atoms with Gasteiger partial charge < -0.3 is 15.8 Å². The van der Waals surface area contributed by atoms with Crippen LogP contribution in [0.4, 0.5) is 0 Å². The summed E-state index contributed by atoms with van der Waals surface area (Å²) < 4.78 is 5.15. The van der Waals surface area contributed by atoms with E-state index in [1.165, 1.54) is 0 Å². The van der Waals surface area contributed by atoms with Gasteiger partial charge in [0.05, 0.1) is 7.11 Å². The highest BCUT2D eigenvalue weighted by Gasteiger charge is 2.03. The molecule has 100 valence electrons. The van der Waals surface area contributed by atoms with Gasteiger partial charge in [0.15, 0.2) is 0 Å². The largest absolute Gasteiger partial charge is 0.497 e. The predicted octanol–water partition coefficient (Wildman–Crippen LogP) is 1.48. The first-order chi connectivity index (χ1) is 8.61. The van der Waals surface area contributed by atoms with Crippen LogP contribution in [0.3, 0.4) is 0 Å². The number of rotatable bonds is 7. The number of nitrogens with two attached hydrogens (primary N) is 1. The number of methoxy groups -OCH3 is 1. The molecular formula is C14H22N2O2. The monoisotopic (exact) mass is 250 g/mol. The van der Waals surface area contributed by atoms with Crippen LogP contribution in [0.1, 0.15) is 25.3 Å². The van der Waals surface area contributed by atoms with Gasteiger partial charge in [-0.25, -0.2) is 0 Å². The summed E-state index contributed by atoms with van der Waals surface area (Å²) in [7, 11) is 1.65. The number of benzene rings is 1. The van der Waals surface area contributed by atoms with Crippen LogP contribution >= 0.6 is 0 Å². The Bertz CT molecular complexity index is 378. The molecule has 1 aromatic rings. The maximum Gasteiger partial charge on any atom is 0.220 e. The molecule has 0 fully saturated rings.